The van der Waals surface area contributed by atoms with E-state index in [4.69, 9.17) is 9.47 Å². The second-order valence-electron chi connectivity index (χ2n) is 11.1. The van der Waals surface area contributed by atoms with E-state index < -0.39 is 17.7 Å². The van der Waals surface area contributed by atoms with Crippen LogP contribution in [-0.2, 0) is 0 Å². The second kappa shape index (κ2) is 9.99. The highest BCUT2D eigenvalue weighted by Crippen LogP contribution is 2.55. The van der Waals surface area contributed by atoms with E-state index in [0.29, 0.717) is 29.9 Å². The number of rotatable bonds is 7. The van der Waals surface area contributed by atoms with Gasteiger partial charge in [-0.1, -0.05) is 25.1 Å². The Morgan fingerprint density at radius 3 is 2.47 bits per heavy atom. The summed E-state index contributed by atoms with van der Waals surface area (Å²) in [4.78, 5) is 2.48. The van der Waals surface area contributed by atoms with Gasteiger partial charge in [0.2, 0.25) is 0 Å². The molecule has 0 spiro atoms. The Hall–Kier alpha value is -3.51. The number of phenols is 2. The fraction of sp³-hybridized carbons (Fsp3) is 0.375. The van der Waals surface area contributed by atoms with Gasteiger partial charge in [0.1, 0.15) is 30.0 Å². The average Bonchev–Trinajstić information content (AvgIpc) is 3.67. The molecule has 1 saturated carbocycles. The van der Waals surface area contributed by atoms with Crippen molar-refractivity contribution in [1.29, 1.82) is 0 Å². The Morgan fingerprint density at radius 2 is 1.79 bits per heavy atom. The molecular formula is C32H34FNO4. The van der Waals surface area contributed by atoms with Crippen LogP contribution in [0.5, 0.6) is 23.0 Å². The molecule has 3 aromatic carbocycles. The number of phenolic OH excluding ortho intramolecular Hbond substituents is 2. The number of ether oxygens (including phenoxy) is 2. The van der Waals surface area contributed by atoms with Gasteiger partial charge >= 0.3 is 0 Å². The lowest BCUT2D eigenvalue weighted by molar-refractivity contribution is 0.169. The molecule has 0 radical (unpaired) electrons. The van der Waals surface area contributed by atoms with Gasteiger partial charge < -0.3 is 19.7 Å². The van der Waals surface area contributed by atoms with Gasteiger partial charge in [-0.2, -0.15) is 0 Å². The van der Waals surface area contributed by atoms with Gasteiger partial charge in [-0.15, -0.1) is 0 Å². The maximum atomic E-state index is 14.0. The molecule has 198 valence electrons. The summed E-state index contributed by atoms with van der Waals surface area (Å²) >= 11 is 0. The molecular weight excluding hydrogens is 481 g/mol. The van der Waals surface area contributed by atoms with Crippen LogP contribution in [0.15, 0.2) is 60.7 Å². The molecule has 1 saturated heterocycles. The number of likely N-dealkylation sites (tertiary alicyclic amines) is 1. The zero-order valence-corrected chi connectivity index (χ0v) is 21.9. The van der Waals surface area contributed by atoms with Crippen LogP contribution in [0.2, 0.25) is 0 Å². The molecule has 2 N–H and O–H groups in total. The van der Waals surface area contributed by atoms with E-state index in [9.17, 15) is 14.6 Å². The number of nitrogens with zero attached hydrogens (tertiary/aromatic N) is 1. The van der Waals surface area contributed by atoms with Gasteiger partial charge in [0.05, 0.1) is 0 Å². The van der Waals surface area contributed by atoms with Crippen LogP contribution in [0, 0.1) is 17.7 Å². The Balaban J connectivity index is 1.33. The average molecular weight is 516 g/mol. The first kappa shape index (κ1) is 24.8. The Bertz CT molecular complexity index is 1360. The summed E-state index contributed by atoms with van der Waals surface area (Å²) in [6, 6.07) is 18.0. The third kappa shape index (κ3) is 4.85. The maximum absolute atomic E-state index is 14.0. The number of benzene rings is 3. The van der Waals surface area contributed by atoms with Crippen LogP contribution < -0.4 is 9.47 Å². The zero-order chi connectivity index (χ0) is 26.4. The summed E-state index contributed by atoms with van der Waals surface area (Å²) < 4.78 is 26.7. The number of hydrogen-bond acceptors (Lipinski definition) is 5. The third-order valence-corrected chi connectivity index (χ3v) is 8.05. The number of hydrogen-bond donors (Lipinski definition) is 2. The summed E-state index contributed by atoms with van der Waals surface area (Å²) in [5, 5.41) is 20.4. The lowest BCUT2D eigenvalue weighted by Gasteiger charge is -2.32. The molecule has 2 fully saturated rings. The monoisotopic (exact) mass is 515 g/mol. The molecule has 0 aromatic heterocycles. The number of fused-ring (bicyclic) bond motifs is 1. The van der Waals surface area contributed by atoms with E-state index in [2.05, 4.69) is 18.7 Å². The van der Waals surface area contributed by atoms with Crippen molar-refractivity contribution >= 4 is 11.1 Å². The molecule has 1 aliphatic carbocycles. The van der Waals surface area contributed by atoms with E-state index in [0.717, 1.165) is 59.9 Å². The van der Waals surface area contributed by atoms with E-state index in [1.54, 1.807) is 24.3 Å². The van der Waals surface area contributed by atoms with Gasteiger partial charge in [0, 0.05) is 23.7 Å². The lowest BCUT2D eigenvalue weighted by Crippen LogP contribution is -2.35. The highest BCUT2D eigenvalue weighted by Gasteiger charge is 2.38. The quantitative estimate of drug-likeness (QED) is 0.362. The molecule has 6 heteroatoms. The van der Waals surface area contributed by atoms with Crippen LogP contribution in [0.3, 0.4) is 0 Å². The Labute approximate surface area is 223 Å². The molecule has 38 heavy (non-hydrogen) atoms. The van der Waals surface area contributed by atoms with Crippen molar-refractivity contribution in [2.24, 2.45) is 11.8 Å². The van der Waals surface area contributed by atoms with Crippen molar-refractivity contribution < 1.29 is 24.1 Å². The molecule has 5 nitrogen and oxygen atoms in total. The zero-order valence-electron chi connectivity index (χ0n) is 21.9. The third-order valence-electron chi connectivity index (χ3n) is 8.05. The van der Waals surface area contributed by atoms with Crippen LogP contribution in [0.4, 0.5) is 4.39 Å². The molecule has 0 bridgehead atoms. The minimum Gasteiger partial charge on any atom is -0.508 e. The highest BCUT2D eigenvalue weighted by atomic mass is 19.1. The molecule has 3 unspecified atom stereocenters. The Kier molecular flexibility index (Phi) is 6.52. The predicted molar refractivity (Wildman–Crippen MR) is 146 cm³/mol. The minimum atomic E-state index is -0.659. The summed E-state index contributed by atoms with van der Waals surface area (Å²) in [5.74, 6) is 1.70. The fourth-order valence-electron chi connectivity index (χ4n) is 5.77. The second-order valence-corrected chi connectivity index (χ2v) is 11.1. The smallest absolute Gasteiger partial charge is 0.164 e. The minimum absolute atomic E-state index is 0.171. The molecule has 2 heterocycles. The molecule has 6 rings (SSSR count). The van der Waals surface area contributed by atoms with Gasteiger partial charge in [-0.05, 0) is 104 Å². The van der Waals surface area contributed by atoms with Gasteiger partial charge in [0.15, 0.2) is 11.6 Å². The predicted octanol–water partition coefficient (Wildman–Crippen LogP) is 6.80. The fourth-order valence-corrected chi connectivity index (χ4v) is 5.77. The van der Waals surface area contributed by atoms with Gasteiger partial charge in [0.25, 0.3) is 0 Å². The van der Waals surface area contributed by atoms with E-state index in [-0.39, 0.29) is 5.75 Å². The summed E-state index contributed by atoms with van der Waals surface area (Å²) in [6.07, 6.45) is 2.86. The molecule has 3 aliphatic rings. The van der Waals surface area contributed by atoms with Crippen molar-refractivity contribution in [3.8, 4) is 23.0 Å². The standard InChI is InChI=1S/C32H34FNO4/c1-19-13-14-34(17-19)20(2)18-37-25-9-5-22(6-10-25)32-31(23-7-11-27(33)28(36)15-23)30(21-3-4-21)26-16-24(35)8-12-29(26)38-32/h5-12,15-16,19-21,32,35-36H,3-4,13-14,17-18H2,1-2H3. The van der Waals surface area contributed by atoms with E-state index >= 15 is 0 Å². The van der Waals surface area contributed by atoms with E-state index in [1.807, 2.05) is 24.3 Å². The number of allylic oxidation sites excluding steroid dienone is 1. The van der Waals surface area contributed by atoms with Gasteiger partial charge in [-0.3, -0.25) is 4.90 Å². The van der Waals surface area contributed by atoms with Crippen LogP contribution in [0.25, 0.3) is 11.1 Å². The largest absolute Gasteiger partial charge is 0.508 e. The van der Waals surface area contributed by atoms with Crippen LogP contribution in [-0.4, -0.2) is 40.9 Å². The molecule has 3 atom stereocenters. The normalized spacial score (nSPS) is 22.2. The molecule has 3 aromatic rings. The van der Waals surface area contributed by atoms with Crippen molar-refractivity contribution in [2.75, 3.05) is 19.7 Å². The SMILES string of the molecule is CC1CCN(C(C)COc2ccc(C3Oc4ccc(O)cc4C(C4CC4)=C3c3ccc(F)c(O)c3)cc2)C1. The molecule has 0 amide bonds. The Morgan fingerprint density at radius 1 is 1.00 bits per heavy atom. The molecule has 2 aliphatic heterocycles. The van der Waals surface area contributed by atoms with Crippen molar-refractivity contribution in [1.82, 2.24) is 4.90 Å². The number of aromatic hydroxyl groups is 2. The summed E-state index contributed by atoms with van der Waals surface area (Å²) in [6.45, 7) is 7.39. The highest BCUT2D eigenvalue weighted by molar-refractivity contribution is 5.98. The van der Waals surface area contributed by atoms with E-state index in [1.165, 1.54) is 18.6 Å². The van der Waals surface area contributed by atoms with Crippen LogP contribution in [0.1, 0.15) is 55.9 Å². The van der Waals surface area contributed by atoms with Crippen molar-refractivity contribution in [3.63, 3.8) is 0 Å². The summed E-state index contributed by atoms with van der Waals surface area (Å²) in [5.41, 5.74) is 4.49. The first-order valence-electron chi connectivity index (χ1n) is 13.6. The summed E-state index contributed by atoms with van der Waals surface area (Å²) in [7, 11) is 0. The van der Waals surface area contributed by atoms with Gasteiger partial charge in [-0.25, -0.2) is 4.39 Å². The van der Waals surface area contributed by atoms with Crippen molar-refractivity contribution in [2.45, 2.75) is 45.3 Å². The first-order valence-corrected chi connectivity index (χ1v) is 13.6. The first-order chi connectivity index (χ1) is 18.4. The topological polar surface area (TPSA) is 62.2 Å². The van der Waals surface area contributed by atoms with Crippen LogP contribution >= 0.6 is 0 Å². The maximum Gasteiger partial charge on any atom is 0.164 e. The lowest BCUT2D eigenvalue weighted by atomic mass is 9.83. The number of halogens is 1. The van der Waals surface area contributed by atoms with Crippen molar-refractivity contribution in [3.05, 3.63) is 83.2 Å².